The van der Waals surface area contributed by atoms with Crippen LogP contribution in [0.2, 0.25) is 0 Å². The molecule has 0 spiro atoms. The van der Waals surface area contributed by atoms with Crippen molar-refractivity contribution in [2.24, 2.45) is 0 Å². The average Bonchev–Trinajstić information content (AvgIpc) is 2.71. The normalized spacial score (nSPS) is 14.6. The van der Waals surface area contributed by atoms with Gasteiger partial charge in [0.05, 0.1) is 0 Å². The summed E-state index contributed by atoms with van der Waals surface area (Å²) in [6, 6.07) is 8.16. The highest BCUT2D eigenvalue weighted by molar-refractivity contribution is 5.94. The summed E-state index contributed by atoms with van der Waals surface area (Å²) >= 11 is 0. The summed E-state index contributed by atoms with van der Waals surface area (Å²) in [6.45, 7) is 13.6. The van der Waals surface area contributed by atoms with Crippen molar-refractivity contribution in [3.8, 4) is 0 Å². The van der Waals surface area contributed by atoms with Crippen molar-refractivity contribution in [1.29, 1.82) is 0 Å². The van der Waals surface area contributed by atoms with Gasteiger partial charge in [-0.1, -0.05) is 39.3 Å². The standard InChI is InChI=1S/C24H34N4O/c1-6-7-8-20-9-11-21(12-10-20)24(29)28-15-13-27(14-16-28)23-22(17(2)3)18(4)25-19(5)26-23/h9-12,17H,6-8,13-16H2,1-5H3. The van der Waals surface area contributed by atoms with E-state index in [0.29, 0.717) is 5.92 Å². The molecule has 5 nitrogen and oxygen atoms in total. The van der Waals surface area contributed by atoms with Gasteiger partial charge in [-0.05, 0) is 50.3 Å². The molecule has 3 rings (SSSR count). The lowest BCUT2D eigenvalue weighted by Gasteiger charge is -2.37. The van der Waals surface area contributed by atoms with E-state index < -0.39 is 0 Å². The summed E-state index contributed by atoms with van der Waals surface area (Å²) in [4.78, 5) is 26.5. The number of aryl methyl sites for hydroxylation is 3. The quantitative estimate of drug-likeness (QED) is 0.723. The maximum atomic E-state index is 12.9. The van der Waals surface area contributed by atoms with Crippen LogP contribution in [0.5, 0.6) is 0 Å². The lowest BCUT2D eigenvalue weighted by atomic mass is 10.0. The van der Waals surface area contributed by atoms with E-state index in [2.05, 4.69) is 49.7 Å². The number of nitrogens with zero attached hydrogens (tertiary/aromatic N) is 4. The van der Waals surface area contributed by atoms with E-state index in [1.165, 1.54) is 24.0 Å². The molecule has 0 aliphatic carbocycles. The van der Waals surface area contributed by atoms with Crippen LogP contribution in [0.1, 0.15) is 72.5 Å². The maximum absolute atomic E-state index is 12.9. The highest BCUT2D eigenvalue weighted by Gasteiger charge is 2.26. The van der Waals surface area contributed by atoms with Crippen molar-refractivity contribution in [3.05, 3.63) is 52.5 Å². The Morgan fingerprint density at radius 3 is 2.28 bits per heavy atom. The van der Waals surface area contributed by atoms with Crippen molar-refractivity contribution in [2.75, 3.05) is 31.1 Å². The molecule has 1 aromatic heterocycles. The van der Waals surface area contributed by atoms with Crippen molar-refractivity contribution >= 4 is 11.7 Å². The molecule has 1 fully saturated rings. The first-order valence-electron chi connectivity index (χ1n) is 10.9. The Kier molecular flexibility index (Phi) is 6.88. The van der Waals surface area contributed by atoms with Gasteiger partial charge >= 0.3 is 0 Å². The monoisotopic (exact) mass is 394 g/mol. The molecule has 1 aromatic carbocycles. The number of hydrogen-bond donors (Lipinski definition) is 0. The third kappa shape index (κ3) is 4.95. The minimum absolute atomic E-state index is 0.130. The Labute approximate surface area is 175 Å². The van der Waals surface area contributed by atoms with Gasteiger partial charge in [0.1, 0.15) is 11.6 Å². The van der Waals surface area contributed by atoms with Gasteiger partial charge in [-0.2, -0.15) is 0 Å². The fourth-order valence-electron chi connectivity index (χ4n) is 4.12. The van der Waals surface area contributed by atoms with E-state index in [-0.39, 0.29) is 5.91 Å². The second-order valence-electron chi connectivity index (χ2n) is 8.33. The Hall–Kier alpha value is -2.43. The first kappa shape index (κ1) is 21.3. The van der Waals surface area contributed by atoms with Crippen molar-refractivity contribution in [1.82, 2.24) is 14.9 Å². The SMILES string of the molecule is CCCCc1ccc(C(=O)N2CCN(c3nc(C)nc(C)c3C(C)C)CC2)cc1. The molecule has 0 radical (unpaired) electrons. The van der Waals surface area contributed by atoms with E-state index in [1.807, 2.05) is 24.0 Å². The third-order valence-electron chi connectivity index (χ3n) is 5.69. The Bertz CT molecular complexity index is 837. The number of rotatable bonds is 6. The number of carbonyl (C=O) groups excluding carboxylic acids is 1. The van der Waals surface area contributed by atoms with Gasteiger partial charge in [0.2, 0.25) is 0 Å². The van der Waals surface area contributed by atoms with Crippen LogP contribution in [0.3, 0.4) is 0 Å². The van der Waals surface area contributed by atoms with E-state index in [4.69, 9.17) is 4.98 Å². The zero-order valence-corrected chi connectivity index (χ0v) is 18.5. The Morgan fingerprint density at radius 1 is 1.03 bits per heavy atom. The van der Waals surface area contributed by atoms with Crippen LogP contribution in [0.15, 0.2) is 24.3 Å². The van der Waals surface area contributed by atoms with Crippen LogP contribution in [0, 0.1) is 13.8 Å². The third-order valence-corrected chi connectivity index (χ3v) is 5.69. The van der Waals surface area contributed by atoms with Crippen LogP contribution in [-0.2, 0) is 6.42 Å². The summed E-state index contributed by atoms with van der Waals surface area (Å²) in [5.41, 5.74) is 4.38. The zero-order valence-electron chi connectivity index (χ0n) is 18.5. The molecule has 2 aromatic rings. The number of amides is 1. The minimum atomic E-state index is 0.130. The largest absolute Gasteiger partial charge is 0.353 e. The molecule has 1 saturated heterocycles. The fourth-order valence-corrected chi connectivity index (χ4v) is 4.12. The molecule has 0 saturated carbocycles. The Balaban J connectivity index is 1.67. The summed E-state index contributed by atoms with van der Waals surface area (Å²) in [7, 11) is 0. The molecule has 1 amide bonds. The van der Waals surface area contributed by atoms with Gasteiger partial charge in [0.25, 0.3) is 5.91 Å². The first-order chi connectivity index (χ1) is 13.9. The van der Waals surface area contributed by atoms with Crippen LogP contribution in [0.4, 0.5) is 5.82 Å². The van der Waals surface area contributed by atoms with Crippen LogP contribution >= 0.6 is 0 Å². The average molecular weight is 395 g/mol. The lowest BCUT2D eigenvalue weighted by molar-refractivity contribution is 0.0746. The van der Waals surface area contributed by atoms with Gasteiger partial charge < -0.3 is 9.80 Å². The first-order valence-corrected chi connectivity index (χ1v) is 10.9. The second kappa shape index (κ2) is 9.38. The summed E-state index contributed by atoms with van der Waals surface area (Å²) in [5, 5.41) is 0. The van der Waals surface area contributed by atoms with Crippen molar-refractivity contribution in [3.63, 3.8) is 0 Å². The maximum Gasteiger partial charge on any atom is 0.253 e. The molecule has 0 atom stereocenters. The van der Waals surface area contributed by atoms with Gasteiger partial charge in [0, 0.05) is 43.0 Å². The molecule has 1 aliphatic heterocycles. The molecular weight excluding hydrogens is 360 g/mol. The van der Waals surface area contributed by atoms with Crippen molar-refractivity contribution in [2.45, 2.75) is 59.8 Å². The molecule has 0 N–H and O–H groups in total. The summed E-state index contributed by atoms with van der Waals surface area (Å²) in [5.74, 6) is 2.35. The molecule has 156 valence electrons. The second-order valence-corrected chi connectivity index (χ2v) is 8.33. The van der Waals surface area contributed by atoms with Gasteiger partial charge in [-0.25, -0.2) is 9.97 Å². The molecule has 2 heterocycles. The topological polar surface area (TPSA) is 49.3 Å². The molecule has 29 heavy (non-hydrogen) atoms. The highest BCUT2D eigenvalue weighted by atomic mass is 16.2. The van der Waals surface area contributed by atoms with Gasteiger partial charge in [-0.15, -0.1) is 0 Å². The van der Waals surface area contributed by atoms with E-state index in [0.717, 1.165) is 55.5 Å². The molecule has 1 aliphatic rings. The molecule has 5 heteroatoms. The smallest absolute Gasteiger partial charge is 0.253 e. The van der Waals surface area contributed by atoms with E-state index >= 15 is 0 Å². The van der Waals surface area contributed by atoms with Gasteiger partial charge in [-0.3, -0.25) is 4.79 Å². The highest BCUT2D eigenvalue weighted by Crippen LogP contribution is 2.29. The predicted octanol–water partition coefficient (Wildman–Crippen LogP) is 4.52. The van der Waals surface area contributed by atoms with E-state index in [1.54, 1.807) is 0 Å². The number of carbonyl (C=O) groups is 1. The number of benzene rings is 1. The van der Waals surface area contributed by atoms with Gasteiger partial charge in [0.15, 0.2) is 0 Å². The number of piperazine rings is 1. The fraction of sp³-hybridized carbons (Fsp3) is 0.542. The zero-order chi connectivity index (χ0) is 21.0. The number of anilines is 1. The summed E-state index contributed by atoms with van der Waals surface area (Å²) in [6.07, 6.45) is 3.46. The molecular formula is C24H34N4O. The van der Waals surface area contributed by atoms with Crippen LogP contribution in [-0.4, -0.2) is 47.0 Å². The predicted molar refractivity (Wildman–Crippen MR) is 119 cm³/mol. The van der Waals surface area contributed by atoms with Crippen LogP contribution in [0.25, 0.3) is 0 Å². The minimum Gasteiger partial charge on any atom is -0.353 e. The summed E-state index contributed by atoms with van der Waals surface area (Å²) < 4.78 is 0. The molecule has 0 bridgehead atoms. The number of unbranched alkanes of at least 4 members (excludes halogenated alkanes) is 1. The number of aromatic nitrogens is 2. The van der Waals surface area contributed by atoms with Crippen molar-refractivity contribution < 1.29 is 4.79 Å². The number of hydrogen-bond acceptors (Lipinski definition) is 4. The van der Waals surface area contributed by atoms with Crippen LogP contribution < -0.4 is 4.90 Å². The lowest BCUT2D eigenvalue weighted by Crippen LogP contribution is -2.49. The molecule has 0 unspecified atom stereocenters. The van der Waals surface area contributed by atoms with E-state index in [9.17, 15) is 4.79 Å². The Morgan fingerprint density at radius 2 is 1.69 bits per heavy atom.